The van der Waals surface area contributed by atoms with Gasteiger partial charge in [-0.3, -0.25) is 4.79 Å². The fraction of sp³-hybridized carbons (Fsp3) is 0.115. The summed E-state index contributed by atoms with van der Waals surface area (Å²) < 4.78 is 50.5. The average Bonchev–Trinajstić information content (AvgIpc) is 2.83. The Morgan fingerprint density at radius 2 is 1.71 bits per heavy atom. The summed E-state index contributed by atoms with van der Waals surface area (Å²) in [7, 11) is 1.50. The standard InChI is InChI=1S/C26H19ClF3NO3/c1-33-23-12-9-17(25(32)31-22-14-19(26(28,29)30)10-11-21(22)27)13-18(23)15-34-24-8-4-6-16-5-2-3-7-20(16)24/h2-14H,15H2,1H3,(H,31,32). The first-order valence-corrected chi connectivity index (χ1v) is 10.6. The second kappa shape index (κ2) is 9.65. The number of halogens is 4. The van der Waals surface area contributed by atoms with Gasteiger partial charge in [0.1, 0.15) is 18.1 Å². The second-order valence-corrected chi connectivity index (χ2v) is 7.85. The number of hydrogen-bond acceptors (Lipinski definition) is 3. The summed E-state index contributed by atoms with van der Waals surface area (Å²) in [4.78, 5) is 12.8. The highest BCUT2D eigenvalue weighted by molar-refractivity contribution is 6.34. The molecule has 0 aliphatic rings. The zero-order valence-electron chi connectivity index (χ0n) is 17.9. The molecule has 0 aromatic heterocycles. The molecule has 4 aromatic rings. The highest BCUT2D eigenvalue weighted by Crippen LogP contribution is 2.34. The molecule has 8 heteroatoms. The molecule has 0 bridgehead atoms. The van der Waals surface area contributed by atoms with Crippen molar-refractivity contribution in [1.82, 2.24) is 0 Å². The third kappa shape index (κ3) is 5.10. The minimum atomic E-state index is -4.56. The Morgan fingerprint density at radius 3 is 2.47 bits per heavy atom. The number of hydrogen-bond donors (Lipinski definition) is 1. The fourth-order valence-electron chi connectivity index (χ4n) is 3.50. The first kappa shape index (κ1) is 23.4. The van der Waals surface area contributed by atoms with Crippen molar-refractivity contribution in [3.8, 4) is 11.5 Å². The lowest BCUT2D eigenvalue weighted by molar-refractivity contribution is -0.137. The van der Waals surface area contributed by atoms with E-state index in [1.54, 1.807) is 12.1 Å². The molecule has 0 saturated heterocycles. The van der Waals surface area contributed by atoms with Gasteiger partial charge in [-0.15, -0.1) is 0 Å². The number of fused-ring (bicyclic) bond motifs is 1. The number of nitrogens with one attached hydrogen (secondary N) is 1. The lowest BCUT2D eigenvalue weighted by Gasteiger charge is -2.14. The van der Waals surface area contributed by atoms with Gasteiger partial charge in [0.15, 0.2) is 0 Å². The number of carbonyl (C=O) groups excluding carboxylic acids is 1. The Balaban J connectivity index is 1.57. The third-order valence-corrected chi connectivity index (χ3v) is 5.55. The van der Waals surface area contributed by atoms with E-state index in [0.29, 0.717) is 17.1 Å². The molecule has 4 rings (SSSR count). The minimum Gasteiger partial charge on any atom is -0.496 e. The van der Waals surface area contributed by atoms with Gasteiger partial charge in [-0.1, -0.05) is 48.0 Å². The number of alkyl halides is 3. The van der Waals surface area contributed by atoms with Crippen molar-refractivity contribution < 1.29 is 27.4 Å². The van der Waals surface area contributed by atoms with Crippen LogP contribution in [-0.4, -0.2) is 13.0 Å². The number of rotatable bonds is 6. The normalized spacial score (nSPS) is 11.3. The van der Waals surface area contributed by atoms with E-state index in [-0.39, 0.29) is 22.9 Å². The van der Waals surface area contributed by atoms with E-state index in [0.717, 1.165) is 29.0 Å². The number of amides is 1. The molecule has 0 heterocycles. The van der Waals surface area contributed by atoms with Crippen molar-refractivity contribution in [3.63, 3.8) is 0 Å². The maximum absolute atomic E-state index is 13.0. The molecule has 0 atom stereocenters. The van der Waals surface area contributed by atoms with Gasteiger partial charge in [0.05, 0.1) is 23.4 Å². The van der Waals surface area contributed by atoms with Crippen LogP contribution in [-0.2, 0) is 12.8 Å². The summed E-state index contributed by atoms with van der Waals surface area (Å²) in [5.74, 6) is 0.565. The second-order valence-electron chi connectivity index (χ2n) is 7.44. The summed E-state index contributed by atoms with van der Waals surface area (Å²) >= 11 is 6.00. The van der Waals surface area contributed by atoms with Crippen LogP contribution >= 0.6 is 11.6 Å². The van der Waals surface area contributed by atoms with Crippen molar-refractivity contribution in [2.24, 2.45) is 0 Å². The van der Waals surface area contributed by atoms with Crippen molar-refractivity contribution in [1.29, 1.82) is 0 Å². The van der Waals surface area contributed by atoms with E-state index >= 15 is 0 Å². The van der Waals surface area contributed by atoms with E-state index in [1.807, 2.05) is 42.5 Å². The predicted octanol–water partition coefficient (Wildman–Crippen LogP) is 7.35. The molecule has 0 fully saturated rings. The van der Waals surface area contributed by atoms with Gasteiger partial charge in [-0.2, -0.15) is 13.2 Å². The van der Waals surface area contributed by atoms with E-state index in [2.05, 4.69) is 5.32 Å². The molecule has 0 radical (unpaired) electrons. The van der Waals surface area contributed by atoms with Crippen LogP contribution in [0.25, 0.3) is 10.8 Å². The van der Waals surface area contributed by atoms with Gasteiger partial charge in [0, 0.05) is 16.5 Å². The number of ether oxygens (including phenoxy) is 2. The van der Waals surface area contributed by atoms with Crippen molar-refractivity contribution >= 4 is 34.0 Å². The molecule has 0 spiro atoms. The Kier molecular flexibility index (Phi) is 6.65. The van der Waals surface area contributed by atoms with Crippen LogP contribution in [0.5, 0.6) is 11.5 Å². The average molecular weight is 486 g/mol. The fourth-order valence-corrected chi connectivity index (χ4v) is 3.67. The Labute approximate surface area is 198 Å². The van der Waals surface area contributed by atoms with Crippen LogP contribution in [0.1, 0.15) is 21.5 Å². The minimum absolute atomic E-state index is 0.00521. The van der Waals surface area contributed by atoms with Gasteiger partial charge < -0.3 is 14.8 Å². The molecule has 4 nitrogen and oxygen atoms in total. The highest BCUT2D eigenvalue weighted by atomic mass is 35.5. The van der Waals surface area contributed by atoms with Gasteiger partial charge in [-0.25, -0.2) is 0 Å². The highest BCUT2D eigenvalue weighted by Gasteiger charge is 2.31. The molecule has 0 aliphatic carbocycles. The molecule has 34 heavy (non-hydrogen) atoms. The molecule has 0 aliphatic heterocycles. The van der Waals surface area contributed by atoms with E-state index in [9.17, 15) is 18.0 Å². The van der Waals surface area contributed by atoms with Crippen LogP contribution in [0.2, 0.25) is 5.02 Å². The molecule has 4 aromatic carbocycles. The summed E-state index contributed by atoms with van der Waals surface area (Å²) in [6, 6.07) is 20.9. The number of benzene rings is 4. The number of carbonyl (C=O) groups is 1. The molecular weight excluding hydrogens is 467 g/mol. The van der Waals surface area contributed by atoms with Gasteiger partial charge in [-0.05, 0) is 47.9 Å². The SMILES string of the molecule is COc1ccc(C(=O)Nc2cc(C(F)(F)F)ccc2Cl)cc1COc1cccc2ccccc12. The molecule has 1 N–H and O–H groups in total. The van der Waals surface area contributed by atoms with Crippen molar-refractivity contribution in [2.75, 3.05) is 12.4 Å². The number of methoxy groups -OCH3 is 1. The summed E-state index contributed by atoms with van der Waals surface area (Å²) in [6.07, 6.45) is -4.56. The van der Waals surface area contributed by atoms with Gasteiger partial charge in [0.25, 0.3) is 5.91 Å². The van der Waals surface area contributed by atoms with Crippen LogP contribution in [0.3, 0.4) is 0 Å². The maximum Gasteiger partial charge on any atom is 0.416 e. The zero-order chi connectivity index (χ0) is 24.3. The molecule has 0 saturated carbocycles. The van der Waals surface area contributed by atoms with E-state index in [4.69, 9.17) is 21.1 Å². The summed E-state index contributed by atoms with van der Waals surface area (Å²) in [5, 5.41) is 4.41. The molecule has 0 unspecified atom stereocenters. The van der Waals surface area contributed by atoms with Crippen LogP contribution < -0.4 is 14.8 Å². The Hall–Kier alpha value is -3.71. The Bertz CT molecular complexity index is 1350. The monoisotopic (exact) mass is 485 g/mol. The largest absolute Gasteiger partial charge is 0.496 e. The maximum atomic E-state index is 13.0. The first-order valence-electron chi connectivity index (χ1n) is 10.2. The lowest BCUT2D eigenvalue weighted by atomic mass is 10.1. The van der Waals surface area contributed by atoms with Gasteiger partial charge >= 0.3 is 6.18 Å². The predicted molar refractivity (Wildman–Crippen MR) is 126 cm³/mol. The molecular formula is C26H19ClF3NO3. The summed E-state index contributed by atoms with van der Waals surface area (Å²) in [5.41, 5.74) is -0.235. The molecule has 1 amide bonds. The topological polar surface area (TPSA) is 47.6 Å². The Morgan fingerprint density at radius 1 is 0.941 bits per heavy atom. The molecule has 174 valence electrons. The third-order valence-electron chi connectivity index (χ3n) is 5.22. The van der Waals surface area contributed by atoms with Crippen LogP contribution in [0.4, 0.5) is 18.9 Å². The van der Waals surface area contributed by atoms with Gasteiger partial charge in [0.2, 0.25) is 0 Å². The van der Waals surface area contributed by atoms with Crippen molar-refractivity contribution in [3.05, 3.63) is 101 Å². The van der Waals surface area contributed by atoms with E-state index in [1.165, 1.54) is 13.2 Å². The number of anilines is 1. The van der Waals surface area contributed by atoms with Crippen LogP contribution in [0.15, 0.2) is 78.9 Å². The quantitative estimate of drug-likeness (QED) is 0.310. The first-order chi connectivity index (χ1) is 16.3. The van der Waals surface area contributed by atoms with Crippen molar-refractivity contribution in [2.45, 2.75) is 12.8 Å². The lowest BCUT2D eigenvalue weighted by Crippen LogP contribution is -2.14. The van der Waals surface area contributed by atoms with E-state index < -0.39 is 17.6 Å². The van der Waals surface area contributed by atoms with Crippen LogP contribution in [0, 0.1) is 0 Å². The summed E-state index contributed by atoms with van der Waals surface area (Å²) in [6.45, 7) is 0.114. The smallest absolute Gasteiger partial charge is 0.416 e. The zero-order valence-corrected chi connectivity index (χ0v) is 18.7.